The predicted octanol–water partition coefficient (Wildman–Crippen LogP) is 2.13. The molecule has 0 aliphatic carbocycles. The van der Waals surface area contributed by atoms with Gasteiger partial charge in [-0.05, 0) is 36.9 Å². The molecule has 66 valence electrons. The Hall–Kier alpha value is -0.670. The molecule has 1 aromatic carbocycles. The molecule has 0 aromatic heterocycles. The van der Waals surface area contributed by atoms with Crippen molar-refractivity contribution in [2.24, 2.45) is 5.73 Å². The summed E-state index contributed by atoms with van der Waals surface area (Å²) in [6.45, 7) is 1.91. The lowest BCUT2D eigenvalue weighted by atomic mass is 10.1. The molecule has 0 fully saturated rings. The van der Waals surface area contributed by atoms with Crippen LogP contribution in [0.3, 0.4) is 0 Å². The Morgan fingerprint density at radius 2 is 2.17 bits per heavy atom. The summed E-state index contributed by atoms with van der Waals surface area (Å²) in [5.41, 5.74) is 6.74. The van der Waals surface area contributed by atoms with E-state index in [2.05, 4.69) is 0 Å². The molecule has 0 unspecified atom stereocenters. The zero-order valence-electron chi connectivity index (χ0n) is 7.24. The number of hydrogen-bond acceptors (Lipinski definition) is 3. The lowest BCUT2D eigenvalue weighted by Gasteiger charge is -2.10. The van der Waals surface area contributed by atoms with E-state index in [1.165, 1.54) is 0 Å². The van der Waals surface area contributed by atoms with Crippen LogP contribution in [0, 0.1) is 0 Å². The first kappa shape index (κ1) is 9.42. The second-order valence-electron chi connectivity index (χ2n) is 2.71. The lowest BCUT2D eigenvalue weighted by molar-refractivity contribution is 0.473. The van der Waals surface area contributed by atoms with Crippen molar-refractivity contribution >= 4 is 11.8 Å². The number of thioether (sulfide) groups is 1. The fraction of sp³-hybridized carbons (Fsp3) is 0.333. The van der Waals surface area contributed by atoms with Gasteiger partial charge < -0.3 is 10.8 Å². The van der Waals surface area contributed by atoms with Crippen molar-refractivity contribution in [2.45, 2.75) is 17.9 Å². The number of nitrogens with two attached hydrogens (primary N) is 1. The van der Waals surface area contributed by atoms with Gasteiger partial charge >= 0.3 is 0 Å². The molecule has 0 spiro atoms. The highest BCUT2D eigenvalue weighted by Gasteiger charge is 2.06. The quantitative estimate of drug-likeness (QED) is 0.690. The SMILES string of the molecule is CSc1ccc(O)cc1[C@@H](C)N. The second-order valence-corrected chi connectivity index (χ2v) is 3.56. The van der Waals surface area contributed by atoms with Crippen LogP contribution in [-0.4, -0.2) is 11.4 Å². The number of hydrogen-bond donors (Lipinski definition) is 2. The average Bonchev–Trinajstić information content (AvgIpc) is 2.04. The molecular formula is C9H13NOS. The predicted molar refractivity (Wildman–Crippen MR) is 52.5 cm³/mol. The van der Waals surface area contributed by atoms with Gasteiger partial charge in [-0.2, -0.15) is 0 Å². The van der Waals surface area contributed by atoms with Crippen molar-refractivity contribution in [1.82, 2.24) is 0 Å². The van der Waals surface area contributed by atoms with Gasteiger partial charge in [0.15, 0.2) is 0 Å². The first-order valence-corrected chi connectivity index (χ1v) is 5.00. The molecule has 0 radical (unpaired) electrons. The van der Waals surface area contributed by atoms with Gasteiger partial charge in [0.05, 0.1) is 0 Å². The molecule has 1 rings (SSSR count). The van der Waals surface area contributed by atoms with Gasteiger partial charge in [-0.1, -0.05) is 0 Å². The molecule has 2 nitrogen and oxygen atoms in total. The molecule has 12 heavy (non-hydrogen) atoms. The molecule has 3 N–H and O–H groups in total. The van der Waals surface area contributed by atoms with E-state index in [-0.39, 0.29) is 11.8 Å². The first-order chi connectivity index (χ1) is 5.65. The van der Waals surface area contributed by atoms with Crippen molar-refractivity contribution in [1.29, 1.82) is 0 Å². The van der Waals surface area contributed by atoms with Gasteiger partial charge in [0, 0.05) is 10.9 Å². The molecule has 0 saturated carbocycles. The van der Waals surface area contributed by atoms with Crippen molar-refractivity contribution in [3.63, 3.8) is 0 Å². The van der Waals surface area contributed by atoms with E-state index >= 15 is 0 Å². The molecule has 0 saturated heterocycles. The molecule has 1 aromatic rings. The third kappa shape index (κ3) is 1.93. The van der Waals surface area contributed by atoms with Crippen molar-refractivity contribution in [3.8, 4) is 5.75 Å². The standard InChI is InChI=1S/C9H13NOS/c1-6(10)8-5-7(11)3-4-9(8)12-2/h3-6,11H,10H2,1-2H3/t6-/m1/s1. The third-order valence-corrected chi connectivity index (χ3v) is 2.52. The second kappa shape index (κ2) is 3.83. The number of rotatable bonds is 2. The smallest absolute Gasteiger partial charge is 0.115 e. The molecular weight excluding hydrogens is 170 g/mol. The van der Waals surface area contributed by atoms with Gasteiger partial charge in [0.2, 0.25) is 0 Å². The van der Waals surface area contributed by atoms with Gasteiger partial charge in [-0.25, -0.2) is 0 Å². The van der Waals surface area contributed by atoms with Gasteiger partial charge in [-0.15, -0.1) is 11.8 Å². The maximum atomic E-state index is 9.22. The van der Waals surface area contributed by atoms with E-state index in [0.29, 0.717) is 0 Å². The maximum Gasteiger partial charge on any atom is 0.115 e. The van der Waals surface area contributed by atoms with Crippen LogP contribution in [0.15, 0.2) is 23.1 Å². The number of phenolic OH excluding ortho intramolecular Hbond substituents is 1. The maximum absolute atomic E-state index is 9.22. The minimum Gasteiger partial charge on any atom is -0.508 e. The zero-order chi connectivity index (χ0) is 9.14. The highest BCUT2D eigenvalue weighted by Crippen LogP contribution is 2.27. The first-order valence-electron chi connectivity index (χ1n) is 3.77. The monoisotopic (exact) mass is 183 g/mol. The van der Waals surface area contributed by atoms with Crippen LogP contribution in [0.5, 0.6) is 5.75 Å². The Balaban J connectivity index is 3.12. The minimum atomic E-state index is -0.0282. The van der Waals surface area contributed by atoms with Crippen LogP contribution >= 0.6 is 11.8 Å². The Labute approximate surface area is 76.8 Å². The summed E-state index contributed by atoms with van der Waals surface area (Å²) >= 11 is 1.64. The van der Waals surface area contributed by atoms with Crippen LogP contribution in [0.1, 0.15) is 18.5 Å². The summed E-state index contributed by atoms with van der Waals surface area (Å²) in [4.78, 5) is 1.13. The van der Waals surface area contributed by atoms with E-state index in [4.69, 9.17) is 5.73 Å². The Morgan fingerprint density at radius 1 is 1.50 bits per heavy atom. The summed E-state index contributed by atoms with van der Waals surface area (Å²) in [5.74, 6) is 0.278. The lowest BCUT2D eigenvalue weighted by Crippen LogP contribution is -2.05. The number of aromatic hydroxyl groups is 1. The fourth-order valence-corrected chi connectivity index (χ4v) is 1.76. The summed E-state index contributed by atoms with van der Waals surface area (Å²) in [6, 6.07) is 5.26. The van der Waals surface area contributed by atoms with Gasteiger partial charge in [0.1, 0.15) is 5.75 Å². The van der Waals surface area contributed by atoms with E-state index < -0.39 is 0 Å². The van der Waals surface area contributed by atoms with E-state index in [1.54, 1.807) is 23.9 Å². The topological polar surface area (TPSA) is 46.2 Å². The van der Waals surface area contributed by atoms with Crippen LogP contribution in [0.25, 0.3) is 0 Å². The van der Waals surface area contributed by atoms with Crippen LogP contribution in [-0.2, 0) is 0 Å². The Bertz CT molecular complexity index is 273. The van der Waals surface area contributed by atoms with E-state index in [1.807, 2.05) is 19.2 Å². The van der Waals surface area contributed by atoms with Crippen LogP contribution in [0.4, 0.5) is 0 Å². The van der Waals surface area contributed by atoms with E-state index in [9.17, 15) is 5.11 Å². The normalized spacial score (nSPS) is 12.9. The zero-order valence-corrected chi connectivity index (χ0v) is 8.06. The molecule has 3 heteroatoms. The molecule has 0 amide bonds. The molecule has 0 heterocycles. The van der Waals surface area contributed by atoms with Gasteiger partial charge in [-0.3, -0.25) is 0 Å². The number of phenols is 1. The minimum absolute atomic E-state index is 0.0282. The molecule has 1 atom stereocenters. The summed E-state index contributed by atoms with van der Waals surface area (Å²) in [5, 5.41) is 9.22. The summed E-state index contributed by atoms with van der Waals surface area (Å²) in [6.07, 6.45) is 2.00. The molecule has 0 aliphatic heterocycles. The fourth-order valence-electron chi connectivity index (χ4n) is 1.08. The largest absolute Gasteiger partial charge is 0.508 e. The Morgan fingerprint density at radius 3 is 2.67 bits per heavy atom. The summed E-state index contributed by atoms with van der Waals surface area (Å²) < 4.78 is 0. The van der Waals surface area contributed by atoms with Crippen molar-refractivity contribution < 1.29 is 5.11 Å². The number of benzene rings is 1. The highest BCUT2D eigenvalue weighted by atomic mass is 32.2. The third-order valence-electron chi connectivity index (χ3n) is 1.70. The van der Waals surface area contributed by atoms with Crippen LogP contribution < -0.4 is 5.73 Å². The Kier molecular flexibility index (Phi) is 3.00. The van der Waals surface area contributed by atoms with E-state index in [0.717, 1.165) is 10.5 Å². The van der Waals surface area contributed by atoms with Crippen molar-refractivity contribution in [2.75, 3.05) is 6.26 Å². The van der Waals surface area contributed by atoms with Gasteiger partial charge in [0.25, 0.3) is 0 Å². The molecule has 0 bridgehead atoms. The molecule has 0 aliphatic rings. The average molecular weight is 183 g/mol. The van der Waals surface area contributed by atoms with Crippen molar-refractivity contribution in [3.05, 3.63) is 23.8 Å². The highest BCUT2D eigenvalue weighted by molar-refractivity contribution is 7.98. The summed E-state index contributed by atoms with van der Waals surface area (Å²) in [7, 11) is 0. The van der Waals surface area contributed by atoms with Crippen LogP contribution in [0.2, 0.25) is 0 Å².